The van der Waals surface area contributed by atoms with E-state index >= 15 is 0 Å². The topological polar surface area (TPSA) is 82.7 Å². The minimum absolute atomic E-state index is 0.0414. The van der Waals surface area contributed by atoms with Crippen LogP contribution in [-0.2, 0) is 11.8 Å². The van der Waals surface area contributed by atoms with Crippen molar-refractivity contribution in [3.05, 3.63) is 11.3 Å². The number of carbonyl (C=O) groups is 1. The molecule has 6 nitrogen and oxygen atoms in total. The largest absolute Gasteiger partial charge is 0.358 e. The molecule has 1 aliphatic carbocycles. The number of nitriles is 1. The van der Waals surface area contributed by atoms with Gasteiger partial charge in [0.15, 0.2) is 0 Å². The number of anilines is 1. The van der Waals surface area contributed by atoms with Crippen LogP contribution in [0.3, 0.4) is 0 Å². The summed E-state index contributed by atoms with van der Waals surface area (Å²) in [5.41, 5.74) is 1.15. The molecular weight excluding hydrogens is 230 g/mol. The van der Waals surface area contributed by atoms with E-state index in [4.69, 9.17) is 5.26 Å². The van der Waals surface area contributed by atoms with Crippen molar-refractivity contribution < 1.29 is 4.79 Å². The first-order chi connectivity index (χ1) is 8.52. The van der Waals surface area contributed by atoms with E-state index in [2.05, 4.69) is 21.8 Å². The van der Waals surface area contributed by atoms with Gasteiger partial charge < -0.3 is 10.6 Å². The van der Waals surface area contributed by atoms with Crippen molar-refractivity contribution in [1.82, 2.24) is 15.1 Å². The maximum absolute atomic E-state index is 11.8. The fourth-order valence-electron chi connectivity index (χ4n) is 1.78. The van der Waals surface area contributed by atoms with Gasteiger partial charge in [0.05, 0.1) is 5.69 Å². The van der Waals surface area contributed by atoms with Gasteiger partial charge in [0.1, 0.15) is 23.5 Å². The van der Waals surface area contributed by atoms with Gasteiger partial charge in [-0.1, -0.05) is 0 Å². The molecule has 1 aromatic heterocycles. The number of aryl methyl sites for hydroxylation is 2. The molecule has 0 aromatic carbocycles. The molecule has 2 N–H and O–H groups in total. The zero-order chi connectivity index (χ0) is 13.3. The highest BCUT2D eigenvalue weighted by Crippen LogP contribution is 2.20. The van der Waals surface area contributed by atoms with E-state index < -0.39 is 0 Å². The fraction of sp³-hybridized carbons (Fsp3) is 0.583. The Morgan fingerprint density at radius 1 is 1.61 bits per heavy atom. The van der Waals surface area contributed by atoms with Crippen LogP contribution in [-0.4, -0.2) is 27.8 Å². The number of aromatic nitrogens is 2. The molecular formula is C12H17N5O. The number of amides is 1. The van der Waals surface area contributed by atoms with Crippen LogP contribution in [0.4, 0.5) is 5.82 Å². The maximum Gasteiger partial charge on any atom is 0.242 e. The third-order valence-corrected chi connectivity index (χ3v) is 3.00. The van der Waals surface area contributed by atoms with Crippen LogP contribution in [0.5, 0.6) is 0 Å². The second-order valence-corrected chi connectivity index (χ2v) is 4.69. The molecule has 1 saturated carbocycles. The Labute approximate surface area is 106 Å². The van der Waals surface area contributed by atoms with Gasteiger partial charge in [0.2, 0.25) is 5.91 Å². The molecule has 0 bridgehead atoms. The van der Waals surface area contributed by atoms with E-state index in [9.17, 15) is 4.79 Å². The van der Waals surface area contributed by atoms with Gasteiger partial charge in [-0.15, -0.1) is 0 Å². The summed E-state index contributed by atoms with van der Waals surface area (Å²) in [6, 6.07) is 2.06. The van der Waals surface area contributed by atoms with Crippen LogP contribution in [0.1, 0.15) is 31.0 Å². The van der Waals surface area contributed by atoms with Gasteiger partial charge in [0, 0.05) is 13.1 Å². The summed E-state index contributed by atoms with van der Waals surface area (Å²) < 4.78 is 1.59. The second-order valence-electron chi connectivity index (χ2n) is 4.69. The highest BCUT2D eigenvalue weighted by molar-refractivity contribution is 5.84. The lowest BCUT2D eigenvalue weighted by atomic mass is 10.2. The van der Waals surface area contributed by atoms with Crippen molar-refractivity contribution in [3.63, 3.8) is 0 Å². The zero-order valence-electron chi connectivity index (χ0n) is 10.8. The van der Waals surface area contributed by atoms with Crippen molar-refractivity contribution in [2.24, 2.45) is 7.05 Å². The van der Waals surface area contributed by atoms with Gasteiger partial charge in [-0.2, -0.15) is 10.4 Å². The SMILES string of the molecule is Cc1nn(C)c(NC(C)C(=O)NC2CC2)c1C#N. The van der Waals surface area contributed by atoms with E-state index in [-0.39, 0.29) is 11.9 Å². The highest BCUT2D eigenvalue weighted by Gasteiger charge is 2.26. The molecule has 1 atom stereocenters. The minimum Gasteiger partial charge on any atom is -0.358 e. The third kappa shape index (κ3) is 2.45. The Bertz CT molecular complexity index is 509. The van der Waals surface area contributed by atoms with Crippen LogP contribution >= 0.6 is 0 Å². The summed E-state index contributed by atoms with van der Waals surface area (Å²) in [4.78, 5) is 11.8. The molecule has 0 radical (unpaired) electrons. The van der Waals surface area contributed by atoms with Crippen molar-refractivity contribution >= 4 is 11.7 Å². The minimum atomic E-state index is -0.382. The standard InChI is InChI=1S/C12H17N5O/c1-7-10(6-13)11(17(3)16-7)14-8(2)12(18)15-9-4-5-9/h8-9,14H,4-5H2,1-3H3,(H,15,18). The second kappa shape index (κ2) is 4.69. The number of nitrogens with zero attached hydrogens (tertiary/aromatic N) is 3. The molecule has 1 aliphatic rings. The Balaban J connectivity index is 2.08. The predicted octanol–water partition coefficient (Wildman–Crippen LogP) is 0.679. The Hall–Kier alpha value is -2.03. The molecule has 1 aromatic rings. The molecule has 1 heterocycles. The summed E-state index contributed by atoms with van der Waals surface area (Å²) in [5, 5.41) is 19.2. The lowest BCUT2D eigenvalue weighted by Gasteiger charge is -2.15. The van der Waals surface area contributed by atoms with Gasteiger partial charge in [-0.25, -0.2) is 0 Å². The van der Waals surface area contributed by atoms with Gasteiger partial charge in [-0.3, -0.25) is 9.48 Å². The first-order valence-corrected chi connectivity index (χ1v) is 6.03. The van der Waals surface area contributed by atoms with Crippen LogP contribution in [0, 0.1) is 18.3 Å². The van der Waals surface area contributed by atoms with Crippen molar-refractivity contribution in [2.75, 3.05) is 5.32 Å². The van der Waals surface area contributed by atoms with Crippen molar-refractivity contribution in [2.45, 2.75) is 38.8 Å². The molecule has 1 amide bonds. The number of rotatable bonds is 4. The molecule has 2 rings (SSSR count). The Morgan fingerprint density at radius 2 is 2.28 bits per heavy atom. The zero-order valence-corrected chi connectivity index (χ0v) is 10.8. The first kappa shape index (κ1) is 12.4. The first-order valence-electron chi connectivity index (χ1n) is 6.03. The molecule has 18 heavy (non-hydrogen) atoms. The van der Waals surface area contributed by atoms with Gasteiger partial charge in [0.25, 0.3) is 0 Å². The van der Waals surface area contributed by atoms with E-state index in [1.54, 1.807) is 25.6 Å². The molecule has 0 saturated heterocycles. The van der Waals surface area contributed by atoms with E-state index in [0.29, 0.717) is 23.1 Å². The van der Waals surface area contributed by atoms with Crippen LogP contribution in [0.15, 0.2) is 0 Å². The molecule has 1 unspecified atom stereocenters. The van der Waals surface area contributed by atoms with Crippen LogP contribution in [0.2, 0.25) is 0 Å². The number of nitrogens with one attached hydrogen (secondary N) is 2. The number of hydrogen-bond donors (Lipinski definition) is 2. The lowest BCUT2D eigenvalue weighted by Crippen LogP contribution is -2.39. The Kier molecular flexibility index (Phi) is 3.24. The summed E-state index contributed by atoms with van der Waals surface area (Å²) in [7, 11) is 1.75. The number of carbonyl (C=O) groups excluding carboxylic acids is 1. The third-order valence-electron chi connectivity index (χ3n) is 3.00. The van der Waals surface area contributed by atoms with Crippen molar-refractivity contribution in [3.8, 4) is 6.07 Å². The highest BCUT2D eigenvalue weighted by atomic mass is 16.2. The predicted molar refractivity (Wildman–Crippen MR) is 66.9 cm³/mol. The van der Waals surface area contributed by atoms with Crippen LogP contribution < -0.4 is 10.6 Å². The fourth-order valence-corrected chi connectivity index (χ4v) is 1.78. The molecule has 0 spiro atoms. The monoisotopic (exact) mass is 247 g/mol. The molecule has 1 fully saturated rings. The quantitative estimate of drug-likeness (QED) is 0.819. The molecule has 0 aliphatic heterocycles. The van der Waals surface area contributed by atoms with Crippen LogP contribution in [0.25, 0.3) is 0 Å². The average molecular weight is 247 g/mol. The molecule has 6 heteroatoms. The summed E-state index contributed by atoms with van der Waals surface area (Å²) in [6.45, 7) is 3.56. The maximum atomic E-state index is 11.8. The summed E-state index contributed by atoms with van der Waals surface area (Å²) >= 11 is 0. The smallest absolute Gasteiger partial charge is 0.242 e. The van der Waals surface area contributed by atoms with E-state index in [0.717, 1.165) is 12.8 Å². The average Bonchev–Trinajstić information content (AvgIpc) is 3.07. The van der Waals surface area contributed by atoms with Crippen molar-refractivity contribution in [1.29, 1.82) is 5.26 Å². The number of hydrogen-bond acceptors (Lipinski definition) is 4. The summed E-state index contributed by atoms with van der Waals surface area (Å²) in [6.07, 6.45) is 2.12. The normalized spacial score (nSPS) is 15.9. The van der Waals surface area contributed by atoms with E-state index in [1.165, 1.54) is 0 Å². The van der Waals surface area contributed by atoms with E-state index in [1.807, 2.05) is 0 Å². The van der Waals surface area contributed by atoms with Gasteiger partial charge in [-0.05, 0) is 26.7 Å². The lowest BCUT2D eigenvalue weighted by molar-refractivity contribution is -0.121. The Morgan fingerprint density at radius 3 is 2.83 bits per heavy atom. The van der Waals surface area contributed by atoms with Gasteiger partial charge >= 0.3 is 0 Å². The molecule has 96 valence electrons. The summed E-state index contributed by atoms with van der Waals surface area (Å²) in [5.74, 6) is 0.550.